The van der Waals surface area contributed by atoms with Gasteiger partial charge in [0.15, 0.2) is 0 Å². The lowest BCUT2D eigenvalue weighted by Crippen LogP contribution is -2.45. The number of unbranched alkanes of at least 4 members (excludes halogenated alkanes) is 48. The largest absolute Gasteiger partial charge is 0.466 e. The van der Waals surface area contributed by atoms with Crippen molar-refractivity contribution in [1.29, 1.82) is 0 Å². The van der Waals surface area contributed by atoms with Crippen molar-refractivity contribution in [3.8, 4) is 0 Å². The van der Waals surface area contributed by atoms with Gasteiger partial charge in [0.25, 0.3) is 0 Å². The van der Waals surface area contributed by atoms with Crippen LogP contribution in [-0.4, -0.2) is 47.4 Å². The van der Waals surface area contributed by atoms with E-state index in [9.17, 15) is 19.8 Å². The van der Waals surface area contributed by atoms with E-state index in [1.165, 1.54) is 295 Å². The molecular weight excluding hydrogens is 911 g/mol. The first-order chi connectivity index (χ1) is 36.5. The van der Waals surface area contributed by atoms with Gasteiger partial charge >= 0.3 is 5.97 Å². The lowest BCUT2D eigenvalue weighted by molar-refractivity contribution is -0.143. The van der Waals surface area contributed by atoms with Crippen molar-refractivity contribution < 1.29 is 24.5 Å². The standard InChI is InChI=1S/C68H131NO5/c1-3-5-7-9-11-13-15-17-19-21-30-34-38-42-46-50-54-58-62-68(73)74-63-59-55-51-47-43-39-35-31-28-26-24-22-23-25-27-29-33-37-41-45-49-53-57-61-67(72)69-65(64-70)66(71)60-56-52-48-44-40-36-32-20-18-16-14-12-10-8-6-4-2/h19,21,25,27,65-66,70-71H,3-18,20,22-24,26,28-64H2,1-2H3,(H,69,72)/b21-19-,27-25-. The van der Waals surface area contributed by atoms with Crippen LogP contribution in [0.2, 0.25) is 0 Å². The fourth-order valence-electron chi connectivity index (χ4n) is 10.6. The molecule has 0 radical (unpaired) electrons. The molecule has 0 rings (SSSR count). The van der Waals surface area contributed by atoms with Gasteiger partial charge in [0.2, 0.25) is 5.91 Å². The lowest BCUT2D eigenvalue weighted by Gasteiger charge is -2.22. The number of rotatable bonds is 63. The molecule has 1 amide bonds. The Morgan fingerprint density at radius 2 is 0.635 bits per heavy atom. The molecule has 0 aromatic heterocycles. The van der Waals surface area contributed by atoms with Crippen molar-refractivity contribution in [3.63, 3.8) is 0 Å². The summed E-state index contributed by atoms with van der Waals surface area (Å²) in [4.78, 5) is 24.6. The zero-order chi connectivity index (χ0) is 53.6. The molecule has 0 aromatic carbocycles. The maximum Gasteiger partial charge on any atom is 0.305 e. The summed E-state index contributed by atoms with van der Waals surface area (Å²) in [5, 5.41) is 23.3. The summed E-state index contributed by atoms with van der Waals surface area (Å²) in [7, 11) is 0. The van der Waals surface area contributed by atoms with Crippen molar-refractivity contribution in [2.24, 2.45) is 0 Å². The average molecular weight is 1040 g/mol. The Morgan fingerprint density at radius 3 is 0.959 bits per heavy atom. The van der Waals surface area contributed by atoms with Crippen LogP contribution in [0.15, 0.2) is 24.3 Å². The molecule has 2 unspecified atom stereocenters. The van der Waals surface area contributed by atoms with E-state index in [0.29, 0.717) is 25.9 Å². The summed E-state index contributed by atoms with van der Waals surface area (Å²) in [6.45, 7) is 4.97. The molecule has 0 fully saturated rings. The first-order valence-corrected chi connectivity index (χ1v) is 33.6. The number of aliphatic hydroxyl groups is 2. The van der Waals surface area contributed by atoms with Crippen LogP contribution >= 0.6 is 0 Å². The number of ether oxygens (including phenoxy) is 1. The summed E-state index contributed by atoms with van der Waals surface area (Å²) in [5.41, 5.74) is 0. The van der Waals surface area contributed by atoms with Gasteiger partial charge in [-0.05, 0) is 77.0 Å². The molecule has 74 heavy (non-hydrogen) atoms. The molecule has 0 bridgehead atoms. The van der Waals surface area contributed by atoms with Crippen LogP contribution in [0.5, 0.6) is 0 Å². The van der Waals surface area contributed by atoms with Crippen LogP contribution in [-0.2, 0) is 14.3 Å². The second-order valence-electron chi connectivity index (χ2n) is 23.1. The van der Waals surface area contributed by atoms with Crippen LogP contribution in [0.3, 0.4) is 0 Å². The number of allylic oxidation sites excluding steroid dienone is 4. The molecule has 0 spiro atoms. The van der Waals surface area contributed by atoms with Crippen molar-refractivity contribution >= 4 is 11.9 Å². The molecule has 0 aliphatic heterocycles. The highest BCUT2D eigenvalue weighted by Crippen LogP contribution is 2.18. The molecule has 6 nitrogen and oxygen atoms in total. The van der Waals surface area contributed by atoms with Gasteiger partial charge in [-0.3, -0.25) is 9.59 Å². The fraction of sp³-hybridized carbons (Fsp3) is 0.912. The zero-order valence-corrected chi connectivity index (χ0v) is 50.1. The van der Waals surface area contributed by atoms with Crippen LogP contribution in [0.25, 0.3) is 0 Å². The molecular formula is C68H131NO5. The number of hydrogen-bond acceptors (Lipinski definition) is 5. The molecule has 438 valence electrons. The summed E-state index contributed by atoms with van der Waals surface area (Å²) >= 11 is 0. The van der Waals surface area contributed by atoms with Gasteiger partial charge in [0.1, 0.15) is 0 Å². The SMILES string of the molecule is CCCCCCCCC/C=C\CCCCCCCCCC(=O)OCCCCCCCCCCCCCC/C=C\CCCCCCCCCC(=O)NC(CO)C(O)CCCCCCCCCCCCCCCCCC. The number of carbonyl (C=O) groups is 2. The van der Waals surface area contributed by atoms with Crippen LogP contribution in [0.4, 0.5) is 0 Å². The molecule has 0 aliphatic rings. The van der Waals surface area contributed by atoms with E-state index in [0.717, 1.165) is 44.9 Å². The second kappa shape index (κ2) is 63.9. The van der Waals surface area contributed by atoms with Crippen molar-refractivity contribution in [2.45, 2.75) is 386 Å². The van der Waals surface area contributed by atoms with Crippen molar-refractivity contribution in [3.05, 3.63) is 24.3 Å². The first kappa shape index (κ1) is 72.3. The van der Waals surface area contributed by atoms with E-state index < -0.39 is 12.1 Å². The Morgan fingerprint density at radius 1 is 0.365 bits per heavy atom. The highest BCUT2D eigenvalue weighted by molar-refractivity contribution is 5.76. The fourth-order valence-corrected chi connectivity index (χ4v) is 10.6. The van der Waals surface area contributed by atoms with Gasteiger partial charge in [-0.25, -0.2) is 0 Å². The van der Waals surface area contributed by atoms with Crippen LogP contribution in [0.1, 0.15) is 373 Å². The number of aliphatic hydroxyl groups excluding tert-OH is 2. The van der Waals surface area contributed by atoms with E-state index in [1.807, 2.05) is 0 Å². The number of hydrogen-bond donors (Lipinski definition) is 3. The topological polar surface area (TPSA) is 95.9 Å². The summed E-state index contributed by atoms with van der Waals surface area (Å²) in [6.07, 6.45) is 79.2. The molecule has 0 saturated carbocycles. The Labute approximate surface area is 462 Å². The Hall–Kier alpha value is -1.66. The van der Waals surface area contributed by atoms with Crippen molar-refractivity contribution in [2.75, 3.05) is 13.2 Å². The van der Waals surface area contributed by atoms with E-state index in [1.54, 1.807) is 0 Å². The first-order valence-electron chi connectivity index (χ1n) is 33.6. The van der Waals surface area contributed by atoms with E-state index >= 15 is 0 Å². The molecule has 6 heteroatoms. The molecule has 0 saturated heterocycles. The number of nitrogens with one attached hydrogen (secondary N) is 1. The number of carbonyl (C=O) groups excluding carboxylic acids is 2. The predicted octanol–water partition coefficient (Wildman–Crippen LogP) is 21.4. The smallest absolute Gasteiger partial charge is 0.305 e. The Bertz CT molecular complexity index is 1150. The minimum Gasteiger partial charge on any atom is -0.466 e. The third kappa shape index (κ3) is 59.6. The van der Waals surface area contributed by atoms with Gasteiger partial charge < -0.3 is 20.3 Å². The van der Waals surface area contributed by atoms with E-state index in [2.05, 4.69) is 43.5 Å². The monoisotopic (exact) mass is 1040 g/mol. The maximum atomic E-state index is 12.5. The van der Waals surface area contributed by atoms with Crippen LogP contribution < -0.4 is 5.32 Å². The van der Waals surface area contributed by atoms with E-state index in [-0.39, 0.29) is 18.5 Å². The quantitative estimate of drug-likeness (QED) is 0.0320. The number of esters is 1. The number of amides is 1. The van der Waals surface area contributed by atoms with Gasteiger partial charge in [-0.2, -0.15) is 0 Å². The van der Waals surface area contributed by atoms with E-state index in [4.69, 9.17) is 4.74 Å². The molecule has 0 heterocycles. The average Bonchev–Trinajstić information content (AvgIpc) is 3.40. The Kier molecular flexibility index (Phi) is 62.4. The van der Waals surface area contributed by atoms with Crippen molar-refractivity contribution in [1.82, 2.24) is 5.32 Å². The molecule has 0 aliphatic carbocycles. The predicted molar refractivity (Wildman–Crippen MR) is 324 cm³/mol. The lowest BCUT2D eigenvalue weighted by atomic mass is 10.0. The van der Waals surface area contributed by atoms with Crippen LogP contribution in [0, 0.1) is 0 Å². The molecule has 2 atom stereocenters. The summed E-state index contributed by atoms with van der Waals surface area (Å²) < 4.78 is 5.50. The third-order valence-corrected chi connectivity index (χ3v) is 15.7. The maximum absolute atomic E-state index is 12.5. The molecule has 0 aromatic rings. The summed E-state index contributed by atoms with van der Waals surface area (Å²) in [6, 6.07) is -0.546. The van der Waals surface area contributed by atoms with Gasteiger partial charge in [-0.15, -0.1) is 0 Å². The minimum atomic E-state index is -0.668. The van der Waals surface area contributed by atoms with Gasteiger partial charge in [-0.1, -0.05) is 308 Å². The Balaban J connectivity index is 3.39. The third-order valence-electron chi connectivity index (χ3n) is 15.7. The zero-order valence-electron chi connectivity index (χ0n) is 50.1. The summed E-state index contributed by atoms with van der Waals surface area (Å²) in [5.74, 6) is -0.0294. The minimum absolute atomic E-state index is 0.00930. The highest BCUT2D eigenvalue weighted by Gasteiger charge is 2.20. The highest BCUT2D eigenvalue weighted by atomic mass is 16.5. The normalized spacial score (nSPS) is 12.6. The van der Waals surface area contributed by atoms with Gasteiger partial charge in [0, 0.05) is 12.8 Å². The van der Waals surface area contributed by atoms with Gasteiger partial charge in [0.05, 0.1) is 25.4 Å². The molecule has 3 N–H and O–H groups in total. The second-order valence-corrected chi connectivity index (χ2v) is 23.1.